The minimum Gasteiger partial charge on any atom is -0.313 e. The van der Waals surface area contributed by atoms with Crippen LogP contribution in [0.25, 0.3) is 0 Å². The van der Waals surface area contributed by atoms with Crippen molar-refractivity contribution in [2.24, 2.45) is 0 Å². The summed E-state index contributed by atoms with van der Waals surface area (Å²) in [5.74, 6) is 0. The first kappa shape index (κ1) is 13.9. The zero-order valence-electron chi connectivity index (χ0n) is 10.5. The molecule has 0 spiro atoms. The second kappa shape index (κ2) is 7.25. The van der Waals surface area contributed by atoms with Gasteiger partial charge in [0.2, 0.25) is 0 Å². The molecule has 0 fully saturated rings. The van der Waals surface area contributed by atoms with E-state index in [1.165, 1.54) is 6.42 Å². The Labute approximate surface area is 106 Å². The van der Waals surface area contributed by atoms with Gasteiger partial charge in [-0.1, -0.05) is 43.9 Å². The van der Waals surface area contributed by atoms with E-state index in [0.29, 0.717) is 11.3 Å². The SMILES string of the molecule is CCCNC(CC)C(C)Sc1nnc(C)s1. The van der Waals surface area contributed by atoms with Gasteiger partial charge in [0.15, 0.2) is 4.34 Å². The van der Waals surface area contributed by atoms with E-state index in [0.717, 1.165) is 22.3 Å². The zero-order chi connectivity index (χ0) is 12.0. The predicted molar refractivity (Wildman–Crippen MR) is 72.3 cm³/mol. The molecule has 2 unspecified atom stereocenters. The fraction of sp³-hybridized carbons (Fsp3) is 0.818. The van der Waals surface area contributed by atoms with Crippen LogP contribution < -0.4 is 5.32 Å². The van der Waals surface area contributed by atoms with Crippen molar-refractivity contribution in [3.8, 4) is 0 Å². The number of thioether (sulfide) groups is 1. The minimum absolute atomic E-state index is 0.545. The van der Waals surface area contributed by atoms with Crippen LogP contribution in [0, 0.1) is 6.92 Å². The molecular formula is C11H21N3S2. The van der Waals surface area contributed by atoms with E-state index in [2.05, 4.69) is 36.3 Å². The summed E-state index contributed by atoms with van der Waals surface area (Å²) in [6.45, 7) is 9.79. The van der Waals surface area contributed by atoms with Gasteiger partial charge in [0.05, 0.1) is 0 Å². The van der Waals surface area contributed by atoms with E-state index in [1.54, 1.807) is 11.3 Å². The Morgan fingerprint density at radius 3 is 2.62 bits per heavy atom. The molecule has 0 amide bonds. The molecule has 0 aliphatic rings. The normalized spacial score (nSPS) is 15.0. The molecule has 92 valence electrons. The number of aromatic nitrogens is 2. The highest BCUT2D eigenvalue weighted by atomic mass is 32.2. The van der Waals surface area contributed by atoms with Crippen molar-refractivity contribution >= 4 is 23.1 Å². The van der Waals surface area contributed by atoms with Crippen molar-refractivity contribution in [2.75, 3.05) is 6.54 Å². The topological polar surface area (TPSA) is 37.8 Å². The zero-order valence-corrected chi connectivity index (χ0v) is 12.1. The Hall–Kier alpha value is -0.130. The van der Waals surface area contributed by atoms with Crippen molar-refractivity contribution in [1.29, 1.82) is 0 Å². The van der Waals surface area contributed by atoms with Crippen LogP contribution in [0.2, 0.25) is 0 Å². The summed E-state index contributed by atoms with van der Waals surface area (Å²) in [7, 11) is 0. The molecule has 2 atom stereocenters. The second-order valence-electron chi connectivity index (χ2n) is 3.88. The van der Waals surface area contributed by atoms with E-state index in [1.807, 2.05) is 18.7 Å². The summed E-state index contributed by atoms with van der Waals surface area (Å²) in [5.41, 5.74) is 0. The lowest BCUT2D eigenvalue weighted by atomic mass is 10.1. The highest BCUT2D eigenvalue weighted by molar-refractivity contribution is 8.01. The standard InChI is InChI=1S/C11H21N3S2/c1-5-7-12-10(6-2)8(3)15-11-14-13-9(4)16-11/h8,10,12H,5-7H2,1-4H3. The summed E-state index contributed by atoms with van der Waals surface area (Å²) < 4.78 is 1.08. The van der Waals surface area contributed by atoms with Gasteiger partial charge in [-0.15, -0.1) is 10.2 Å². The van der Waals surface area contributed by atoms with E-state index in [9.17, 15) is 0 Å². The highest BCUT2D eigenvalue weighted by Gasteiger charge is 2.17. The number of hydrogen-bond acceptors (Lipinski definition) is 5. The van der Waals surface area contributed by atoms with Crippen LogP contribution in [0.1, 0.15) is 38.6 Å². The quantitative estimate of drug-likeness (QED) is 0.764. The molecule has 0 radical (unpaired) electrons. The van der Waals surface area contributed by atoms with Gasteiger partial charge in [-0.3, -0.25) is 0 Å². The summed E-state index contributed by atoms with van der Waals surface area (Å²) in [5, 5.41) is 13.4. The molecule has 1 aromatic rings. The fourth-order valence-electron chi connectivity index (χ4n) is 1.54. The second-order valence-corrected chi connectivity index (χ2v) is 6.68. The van der Waals surface area contributed by atoms with E-state index < -0.39 is 0 Å². The first-order valence-corrected chi connectivity index (χ1v) is 7.57. The lowest BCUT2D eigenvalue weighted by Crippen LogP contribution is -2.36. The van der Waals surface area contributed by atoms with Crippen LogP contribution >= 0.6 is 23.1 Å². The summed E-state index contributed by atoms with van der Waals surface area (Å²) in [6, 6.07) is 0.564. The molecule has 0 saturated carbocycles. The van der Waals surface area contributed by atoms with Crippen LogP contribution in [0.15, 0.2) is 4.34 Å². The molecule has 1 rings (SSSR count). The molecule has 16 heavy (non-hydrogen) atoms. The van der Waals surface area contributed by atoms with Crippen LogP contribution in [-0.2, 0) is 0 Å². The van der Waals surface area contributed by atoms with Gasteiger partial charge in [0, 0.05) is 11.3 Å². The largest absolute Gasteiger partial charge is 0.313 e. The van der Waals surface area contributed by atoms with Gasteiger partial charge in [-0.2, -0.15) is 0 Å². The maximum atomic E-state index is 4.16. The van der Waals surface area contributed by atoms with E-state index in [4.69, 9.17) is 0 Å². The Balaban J connectivity index is 2.45. The van der Waals surface area contributed by atoms with Gasteiger partial charge in [0.25, 0.3) is 0 Å². The van der Waals surface area contributed by atoms with Crippen molar-refractivity contribution in [2.45, 2.75) is 56.2 Å². The van der Waals surface area contributed by atoms with Crippen molar-refractivity contribution < 1.29 is 0 Å². The van der Waals surface area contributed by atoms with Gasteiger partial charge in [0.1, 0.15) is 5.01 Å². The van der Waals surface area contributed by atoms with E-state index >= 15 is 0 Å². The summed E-state index contributed by atoms with van der Waals surface area (Å²) >= 11 is 3.51. The molecule has 0 aliphatic heterocycles. The van der Waals surface area contributed by atoms with Gasteiger partial charge >= 0.3 is 0 Å². The third kappa shape index (κ3) is 4.39. The molecule has 0 bridgehead atoms. The third-order valence-electron chi connectivity index (χ3n) is 2.46. The number of nitrogens with one attached hydrogen (secondary N) is 1. The van der Waals surface area contributed by atoms with Crippen LogP contribution in [0.4, 0.5) is 0 Å². The third-order valence-corrected chi connectivity index (χ3v) is 4.61. The van der Waals surface area contributed by atoms with Crippen molar-refractivity contribution in [3.05, 3.63) is 5.01 Å². The van der Waals surface area contributed by atoms with Gasteiger partial charge < -0.3 is 5.32 Å². The van der Waals surface area contributed by atoms with Crippen molar-refractivity contribution in [1.82, 2.24) is 15.5 Å². The minimum atomic E-state index is 0.545. The Kier molecular flexibility index (Phi) is 6.31. The van der Waals surface area contributed by atoms with E-state index in [-0.39, 0.29) is 0 Å². The summed E-state index contributed by atoms with van der Waals surface area (Å²) in [6.07, 6.45) is 2.34. The monoisotopic (exact) mass is 259 g/mol. The lowest BCUT2D eigenvalue weighted by molar-refractivity contribution is 0.493. The first-order chi connectivity index (χ1) is 7.67. The number of rotatable bonds is 7. The maximum absolute atomic E-state index is 4.16. The van der Waals surface area contributed by atoms with Crippen LogP contribution in [0.3, 0.4) is 0 Å². The average Bonchev–Trinajstić information content (AvgIpc) is 2.65. The van der Waals surface area contributed by atoms with Crippen LogP contribution in [0.5, 0.6) is 0 Å². The molecule has 1 N–H and O–H groups in total. The smallest absolute Gasteiger partial charge is 0.174 e. The average molecular weight is 259 g/mol. The molecule has 0 aromatic carbocycles. The number of nitrogens with zero attached hydrogens (tertiary/aromatic N) is 2. The molecule has 3 nitrogen and oxygen atoms in total. The van der Waals surface area contributed by atoms with Gasteiger partial charge in [-0.25, -0.2) is 0 Å². The number of hydrogen-bond donors (Lipinski definition) is 1. The molecule has 0 saturated heterocycles. The number of aryl methyl sites for hydroxylation is 1. The lowest BCUT2D eigenvalue weighted by Gasteiger charge is -2.22. The molecule has 1 heterocycles. The van der Waals surface area contributed by atoms with Crippen LogP contribution in [-0.4, -0.2) is 28.0 Å². The predicted octanol–water partition coefficient (Wildman–Crippen LogP) is 3.11. The Bertz CT molecular complexity index is 301. The molecule has 1 aromatic heterocycles. The van der Waals surface area contributed by atoms with Gasteiger partial charge in [-0.05, 0) is 26.3 Å². The first-order valence-electron chi connectivity index (χ1n) is 5.87. The summed E-state index contributed by atoms with van der Waals surface area (Å²) in [4.78, 5) is 0. The van der Waals surface area contributed by atoms with Crippen molar-refractivity contribution in [3.63, 3.8) is 0 Å². The maximum Gasteiger partial charge on any atom is 0.174 e. The molecule has 0 aliphatic carbocycles. The molecule has 5 heteroatoms. The fourth-order valence-corrected chi connectivity index (χ4v) is 3.82. The Morgan fingerprint density at radius 2 is 2.12 bits per heavy atom. The Morgan fingerprint density at radius 1 is 1.38 bits per heavy atom. The molecular weight excluding hydrogens is 238 g/mol. The highest BCUT2D eigenvalue weighted by Crippen LogP contribution is 2.28.